The van der Waals surface area contributed by atoms with Gasteiger partial charge in [0.15, 0.2) is 0 Å². The van der Waals surface area contributed by atoms with E-state index in [1.54, 1.807) is 0 Å². The van der Waals surface area contributed by atoms with Crippen molar-refractivity contribution < 1.29 is 9.90 Å². The molecule has 5 nitrogen and oxygen atoms in total. The van der Waals surface area contributed by atoms with Crippen LogP contribution in [-0.2, 0) is 4.79 Å². The van der Waals surface area contributed by atoms with Crippen molar-refractivity contribution in [1.82, 2.24) is 10.5 Å². The summed E-state index contributed by atoms with van der Waals surface area (Å²) in [7, 11) is 0. The fourth-order valence-electron chi connectivity index (χ4n) is 1.18. The van der Waals surface area contributed by atoms with Crippen molar-refractivity contribution >= 4 is 5.97 Å². The molecule has 0 aromatic heterocycles. The first-order chi connectivity index (χ1) is 4.75. The summed E-state index contributed by atoms with van der Waals surface area (Å²) >= 11 is 0. The Bertz CT molecular complexity index is 139. The molecule has 0 amide bonds. The lowest BCUT2D eigenvalue weighted by Gasteiger charge is -2.18. The van der Waals surface area contributed by atoms with Crippen molar-refractivity contribution in [2.75, 3.05) is 6.54 Å². The van der Waals surface area contributed by atoms with Crippen molar-refractivity contribution in [3.05, 3.63) is 0 Å². The highest BCUT2D eigenvalue weighted by Crippen LogP contribution is 2.13. The van der Waals surface area contributed by atoms with Crippen LogP contribution in [-0.4, -0.2) is 28.7 Å². The normalized spacial score (nSPS) is 27.1. The highest BCUT2D eigenvalue weighted by molar-refractivity contribution is 5.73. The number of carbonyl (C=O) groups is 1. The fourth-order valence-corrected chi connectivity index (χ4v) is 1.18. The van der Waals surface area contributed by atoms with Gasteiger partial charge in [0, 0.05) is 6.54 Å². The van der Waals surface area contributed by atoms with Crippen molar-refractivity contribution in [2.24, 2.45) is 5.84 Å². The quantitative estimate of drug-likeness (QED) is 0.340. The molecule has 58 valence electrons. The van der Waals surface area contributed by atoms with Crippen LogP contribution in [0, 0.1) is 0 Å². The van der Waals surface area contributed by atoms with Gasteiger partial charge in [-0.3, -0.25) is 10.6 Å². The molecule has 10 heavy (non-hydrogen) atoms. The van der Waals surface area contributed by atoms with E-state index in [-0.39, 0.29) is 0 Å². The van der Waals surface area contributed by atoms with Gasteiger partial charge in [-0.2, -0.15) is 5.53 Å². The first kappa shape index (κ1) is 7.46. The number of carboxylic acids is 1. The van der Waals surface area contributed by atoms with E-state index in [9.17, 15) is 4.79 Å². The number of aliphatic carboxylic acids is 1. The standard InChI is InChI=1S/C5H11N3O2/c6-7-8-3-1-2-4(8)5(9)10/h4,7H,1-3,6H2,(H,9,10)/t4-/m0/s1. The third-order valence-corrected chi connectivity index (χ3v) is 1.70. The van der Waals surface area contributed by atoms with Crippen LogP contribution < -0.4 is 11.4 Å². The van der Waals surface area contributed by atoms with E-state index < -0.39 is 12.0 Å². The second-order valence-corrected chi connectivity index (χ2v) is 2.32. The van der Waals surface area contributed by atoms with Gasteiger partial charge in [0.25, 0.3) is 0 Å². The highest BCUT2D eigenvalue weighted by atomic mass is 16.4. The Morgan fingerprint density at radius 1 is 1.80 bits per heavy atom. The van der Waals surface area contributed by atoms with E-state index in [1.165, 1.54) is 5.01 Å². The van der Waals surface area contributed by atoms with Gasteiger partial charge in [0.05, 0.1) is 0 Å². The maximum absolute atomic E-state index is 10.4. The molecular weight excluding hydrogens is 134 g/mol. The molecule has 1 aliphatic heterocycles. The summed E-state index contributed by atoms with van der Waals surface area (Å²) in [6.45, 7) is 0.716. The monoisotopic (exact) mass is 145 g/mol. The average molecular weight is 145 g/mol. The molecule has 1 atom stereocenters. The van der Waals surface area contributed by atoms with E-state index in [1.807, 2.05) is 0 Å². The van der Waals surface area contributed by atoms with Gasteiger partial charge in [-0.15, -0.1) is 0 Å². The van der Waals surface area contributed by atoms with Crippen LogP contribution in [0.3, 0.4) is 0 Å². The molecule has 5 heteroatoms. The van der Waals surface area contributed by atoms with Crippen LogP contribution in [0.4, 0.5) is 0 Å². The molecule has 0 aliphatic carbocycles. The molecule has 0 radical (unpaired) electrons. The average Bonchev–Trinajstić information content (AvgIpc) is 2.33. The second-order valence-electron chi connectivity index (χ2n) is 2.32. The minimum Gasteiger partial charge on any atom is -0.480 e. The van der Waals surface area contributed by atoms with Crippen molar-refractivity contribution in [2.45, 2.75) is 18.9 Å². The lowest BCUT2D eigenvalue weighted by atomic mass is 10.2. The zero-order valence-corrected chi connectivity index (χ0v) is 5.58. The van der Waals surface area contributed by atoms with Gasteiger partial charge in [-0.05, 0) is 12.8 Å². The highest BCUT2D eigenvalue weighted by Gasteiger charge is 2.29. The maximum atomic E-state index is 10.4. The molecule has 1 aliphatic rings. The number of carboxylic acid groups (broad SMARTS) is 1. The van der Waals surface area contributed by atoms with E-state index >= 15 is 0 Å². The van der Waals surface area contributed by atoms with Crippen LogP contribution in [0.15, 0.2) is 0 Å². The largest absolute Gasteiger partial charge is 0.480 e. The van der Waals surface area contributed by atoms with Gasteiger partial charge >= 0.3 is 5.97 Å². The summed E-state index contributed by atoms with van der Waals surface area (Å²) < 4.78 is 0. The first-order valence-electron chi connectivity index (χ1n) is 3.21. The van der Waals surface area contributed by atoms with Crippen molar-refractivity contribution in [1.29, 1.82) is 0 Å². The fraction of sp³-hybridized carbons (Fsp3) is 0.800. The Labute approximate surface area is 58.7 Å². The van der Waals surface area contributed by atoms with E-state index in [0.717, 1.165) is 6.42 Å². The maximum Gasteiger partial charge on any atom is 0.322 e. The molecule has 1 fully saturated rings. The summed E-state index contributed by atoms with van der Waals surface area (Å²) in [6, 6.07) is -0.440. The van der Waals surface area contributed by atoms with Crippen LogP contribution in [0.5, 0.6) is 0 Å². The summed E-state index contributed by atoms with van der Waals surface area (Å²) in [4.78, 5) is 10.4. The van der Waals surface area contributed by atoms with Crippen LogP contribution >= 0.6 is 0 Å². The number of nitrogens with zero attached hydrogens (tertiary/aromatic N) is 1. The molecule has 1 rings (SSSR count). The van der Waals surface area contributed by atoms with E-state index in [4.69, 9.17) is 10.9 Å². The SMILES string of the molecule is NNN1CCC[C@H]1C(=O)O. The topological polar surface area (TPSA) is 78.6 Å². The predicted octanol–water partition coefficient (Wildman–Crippen LogP) is -1.09. The van der Waals surface area contributed by atoms with Crippen LogP contribution in [0.1, 0.15) is 12.8 Å². The lowest BCUT2D eigenvalue weighted by Crippen LogP contribution is -2.48. The zero-order valence-electron chi connectivity index (χ0n) is 5.58. The smallest absolute Gasteiger partial charge is 0.322 e. The summed E-state index contributed by atoms with van der Waals surface area (Å²) in [5.41, 5.74) is 2.35. The van der Waals surface area contributed by atoms with E-state index in [2.05, 4.69) is 5.53 Å². The molecular formula is C5H11N3O2. The second kappa shape index (κ2) is 2.96. The molecule has 1 heterocycles. The number of hydrazine groups is 2. The van der Waals surface area contributed by atoms with Crippen molar-refractivity contribution in [3.63, 3.8) is 0 Å². The Morgan fingerprint density at radius 2 is 2.50 bits per heavy atom. The van der Waals surface area contributed by atoms with Crippen LogP contribution in [0.25, 0.3) is 0 Å². The van der Waals surface area contributed by atoms with Gasteiger partial charge in [-0.25, -0.2) is 5.01 Å². The van der Waals surface area contributed by atoms with Gasteiger partial charge in [0.1, 0.15) is 6.04 Å². The predicted molar refractivity (Wildman–Crippen MR) is 34.7 cm³/mol. The number of hydrogen-bond acceptors (Lipinski definition) is 4. The summed E-state index contributed by atoms with van der Waals surface area (Å²) in [5, 5.41) is 10.1. The number of hydrogen-bond donors (Lipinski definition) is 3. The number of rotatable bonds is 2. The molecule has 1 saturated heterocycles. The Morgan fingerprint density at radius 3 is 2.90 bits per heavy atom. The Balaban J connectivity index is 2.50. The molecule has 0 spiro atoms. The molecule has 0 unspecified atom stereocenters. The Kier molecular flexibility index (Phi) is 2.21. The number of nitrogens with two attached hydrogens (primary N) is 1. The molecule has 4 N–H and O–H groups in total. The third-order valence-electron chi connectivity index (χ3n) is 1.70. The lowest BCUT2D eigenvalue weighted by molar-refractivity contribution is -0.143. The summed E-state index contributed by atoms with van der Waals surface area (Å²) in [5.74, 6) is 4.26. The van der Waals surface area contributed by atoms with E-state index in [0.29, 0.717) is 13.0 Å². The zero-order chi connectivity index (χ0) is 7.56. The molecule has 0 aromatic rings. The first-order valence-corrected chi connectivity index (χ1v) is 3.21. The minimum atomic E-state index is -0.810. The number of nitrogens with one attached hydrogen (secondary N) is 1. The third kappa shape index (κ3) is 1.26. The van der Waals surface area contributed by atoms with Crippen LogP contribution in [0.2, 0.25) is 0 Å². The molecule has 0 saturated carbocycles. The Hall–Kier alpha value is -0.650. The van der Waals surface area contributed by atoms with Gasteiger partial charge < -0.3 is 5.11 Å². The summed E-state index contributed by atoms with van der Waals surface area (Å²) in [6.07, 6.45) is 1.57. The van der Waals surface area contributed by atoms with Crippen molar-refractivity contribution in [3.8, 4) is 0 Å². The van der Waals surface area contributed by atoms with Gasteiger partial charge in [0.2, 0.25) is 0 Å². The minimum absolute atomic E-state index is 0.440. The molecule has 0 aromatic carbocycles. The molecule has 0 bridgehead atoms. The van der Waals surface area contributed by atoms with Gasteiger partial charge in [-0.1, -0.05) is 0 Å².